The number of hydrogen-bond acceptors (Lipinski definition) is 3. The van der Waals surface area contributed by atoms with Crippen LogP contribution in [0.5, 0.6) is 0 Å². The van der Waals surface area contributed by atoms with E-state index >= 15 is 0 Å². The minimum atomic E-state index is -0.446. The Hall–Kier alpha value is -2.58. The molecule has 0 fully saturated rings. The summed E-state index contributed by atoms with van der Waals surface area (Å²) in [7, 11) is 0. The first-order valence-electron chi connectivity index (χ1n) is 7.72. The van der Waals surface area contributed by atoms with E-state index in [4.69, 9.17) is 0 Å². The molecule has 5 nitrogen and oxygen atoms in total. The summed E-state index contributed by atoms with van der Waals surface area (Å²) in [6.45, 7) is 0. The van der Waals surface area contributed by atoms with Crippen molar-refractivity contribution in [2.75, 3.05) is 10.6 Å². The minimum absolute atomic E-state index is 0.283. The second kappa shape index (κ2) is 8.41. The van der Waals surface area contributed by atoms with Gasteiger partial charge >= 0.3 is 0 Å². The molecule has 27 heavy (non-hydrogen) atoms. The zero-order chi connectivity index (χ0) is 19.4. The SMILES string of the molecule is O=C(Nc1ccc(Br)cn1)c1cccc(NC(=O)c2ccc(F)cc2Br)c1. The van der Waals surface area contributed by atoms with Gasteiger partial charge in [-0.05, 0) is 80.4 Å². The molecule has 8 heteroatoms. The molecule has 3 aromatic rings. The molecule has 0 radical (unpaired) electrons. The molecule has 0 spiro atoms. The summed E-state index contributed by atoms with van der Waals surface area (Å²) in [6, 6.07) is 13.7. The number of pyridine rings is 1. The van der Waals surface area contributed by atoms with E-state index in [0.29, 0.717) is 21.5 Å². The molecule has 0 aliphatic rings. The third-order valence-corrected chi connectivity index (χ3v) is 4.65. The molecule has 0 bridgehead atoms. The normalized spacial score (nSPS) is 10.3. The molecule has 3 rings (SSSR count). The Morgan fingerprint density at radius 2 is 1.74 bits per heavy atom. The van der Waals surface area contributed by atoms with Crippen LogP contribution >= 0.6 is 31.9 Å². The molecule has 0 unspecified atom stereocenters. The van der Waals surface area contributed by atoms with E-state index in [0.717, 1.165) is 4.47 Å². The summed E-state index contributed by atoms with van der Waals surface area (Å²) in [5.74, 6) is -0.815. The molecular formula is C19H12Br2FN3O2. The number of halogens is 3. The summed E-state index contributed by atoms with van der Waals surface area (Å²) in [5.41, 5.74) is 1.08. The molecule has 2 aromatic carbocycles. The summed E-state index contributed by atoms with van der Waals surface area (Å²) in [4.78, 5) is 28.8. The number of benzene rings is 2. The zero-order valence-corrected chi connectivity index (χ0v) is 16.8. The van der Waals surface area contributed by atoms with E-state index in [1.54, 1.807) is 42.6 Å². The minimum Gasteiger partial charge on any atom is -0.322 e. The summed E-state index contributed by atoms with van der Waals surface area (Å²) >= 11 is 6.44. The molecular weight excluding hydrogens is 481 g/mol. The summed E-state index contributed by atoms with van der Waals surface area (Å²) in [6.07, 6.45) is 1.58. The molecule has 0 saturated carbocycles. The maximum absolute atomic E-state index is 13.2. The van der Waals surface area contributed by atoms with Crippen LogP contribution in [0.4, 0.5) is 15.9 Å². The fraction of sp³-hybridized carbons (Fsp3) is 0. The molecule has 0 atom stereocenters. The Balaban J connectivity index is 1.73. The molecule has 0 aliphatic heterocycles. The molecule has 2 amide bonds. The van der Waals surface area contributed by atoms with Crippen LogP contribution < -0.4 is 10.6 Å². The molecule has 0 aliphatic carbocycles. The number of nitrogens with zero attached hydrogens (tertiary/aromatic N) is 1. The lowest BCUT2D eigenvalue weighted by Crippen LogP contribution is -2.15. The predicted molar refractivity (Wildman–Crippen MR) is 108 cm³/mol. The highest BCUT2D eigenvalue weighted by Gasteiger charge is 2.13. The van der Waals surface area contributed by atoms with Gasteiger partial charge in [-0.25, -0.2) is 9.37 Å². The van der Waals surface area contributed by atoms with Crippen LogP contribution in [0.1, 0.15) is 20.7 Å². The van der Waals surface area contributed by atoms with Gasteiger partial charge in [-0.1, -0.05) is 6.07 Å². The van der Waals surface area contributed by atoms with E-state index in [2.05, 4.69) is 47.5 Å². The van der Waals surface area contributed by atoms with Crippen molar-refractivity contribution in [1.29, 1.82) is 0 Å². The van der Waals surface area contributed by atoms with Gasteiger partial charge in [-0.15, -0.1) is 0 Å². The van der Waals surface area contributed by atoms with Crippen LogP contribution in [0.3, 0.4) is 0 Å². The van der Waals surface area contributed by atoms with Gasteiger partial charge in [-0.2, -0.15) is 0 Å². The average molecular weight is 493 g/mol. The Kier molecular flexibility index (Phi) is 5.98. The molecule has 1 heterocycles. The van der Waals surface area contributed by atoms with Gasteiger partial charge in [0.2, 0.25) is 0 Å². The Bertz CT molecular complexity index is 1010. The van der Waals surface area contributed by atoms with Crippen molar-refractivity contribution in [3.63, 3.8) is 0 Å². The first kappa shape index (κ1) is 19.2. The van der Waals surface area contributed by atoms with E-state index in [9.17, 15) is 14.0 Å². The number of aromatic nitrogens is 1. The van der Waals surface area contributed by atoms with Crippen molar-refractivity contribution in [2.45, 2.75) is 0 Å². The lowest BCUT2D eigenvalue weighted by Gasteiger charge is -2.09. The van der Waals surface area contributed by atoms with E-state index in [1.165, 1.54) is 18.2 Å². The standard InChI is InChI=1S/C19H12Br2FN3O2/c20-12-4-7-17(23-10-12)25-18(26)11-2-1-3-14(8-11)24-19(27)15-6-5-13(22)9-16(15)21/h1-10H,(H,24,27)(H,23,25,26). The highest BCUT2D eigenvalue weighted by molar-refractivity contribution is 9.10. The van der Waals surface area contributed by atoms with Crippen molar-refractivity contribution in [1.82, 2.24) is 4.98 Å². The van der Waals surface area contributed by atoms with Gasteiger partial charge in [0.05, 0.1) is 5.56 Å². The van der Waals surface area contributed by atoms with Crippen LogP contribution in [-0.2, 0) is 0 Å². The number of amides is 2. The largest absolute Gasteiger partial charge is 0.322 e. The number of carbonyl (C=O) groups is 2. The maximum atomic E-state index is 13.2. The van der Waals surface area contributed by atoms with E-state index < -0.39 is 11.7 Å². The molecule has 0 saturated heterocycles. The Morgan fingerprint density at radius 1 is 0.926 bits per heavy atom. The van der Waals surface area contributed by atoms with E-state index in [1.807, 2.05) is 0 Å². The number of carbonyl (C=O) groups excluding carboxylic acids is 2. The first-order valence-corrected chi connectivity index (χ1v) is 9.30. The average Bonchev–Trinajstić information content (AvgIpc) is 2.63. The van der Waals surface area contributed by atoms with Crippen molar-refractivity contribution in [3.05, 3.63) is 86.7 Å². The van der Waals surface area contributed by atoms with Crippen molar-refractivity contribution in [2.24, 2.45) is 0 Å². The van der Waals surface area contributed by atoms with Crippen LogP contribution in [0.15, 0.2) is 69.7 Å². The van der Waals surface area contributed by atoms with Gasteiger partial charge in [0, 0.05) is 26.4 Å². The lowest BCUT2D eigenvalue weighted by molar-refractivity contribution is 0.101. The third-order valence-electron chi connectivity index (χ3n) is 3.53. The predicted octanol–water partition coefficient (Wildman–Crippen LogP) is 5.25. The van der Waals surface area contributed by atoms with Gasteiger partial charge < -0.3 is 10.6 Å². The van der Waals surface area contributed by atoms with Crippen LogP contribution in [0.2, 0.25) is 0 Å². The van der Waals surface area contributed by atoms with Gasteiger partial charge in [0.1, 0.15) is 11.6 Å². The maximum Gasteiger partial charge on any atom is 0.256 e. The molecule has 1 aromatic heterocycles. The smallest absolute Gasteiger partial charge is 0.256 e. The second-order valence-electron chi connectivity index (χ2n) is 5.47. The van der Waals surface area contributed by atoms with Crippen molar-refractivity contribution < 1.29 is 14.0 Å². The van der Waals surface area contributed by atoms with Crippen molar-refractivity contribution in [3.8, 4) is 0 Å². The monoisotopic (exact) mass is 491 g/mol. The van der Waals surface area contributed by atoms with Crippen molar-refractivity contribution >= 4 is 55.2 Å². The number of anilines is 2. The topological polar surface area (TPSA) is 71.1 Å². The molecule has 136 valence electrons. The highest BCUT2D eigenvalue weighted by atomic mass is 79.9. The van der Waals surface area contributed by atoms with Gasteiger partial charge in [0.15, 0.2) is 0 Å². The summed E-state index contributed by atoms with van der Waals surface area (Å²) < 4.78 is 14.3. The van der Waals surface area contributed by atoms with Crippen LogP contribution in [0, 0.1) is 5.82 Å². The quantitative estimate of drug-likeness (QED) is 0.522. The van der Waals surface area contributed by atoms with Crippen LogP contribution in [0.25, 0.3) is 0 Å². The number of hydrogen-bond donors (Lipinski definition) is 2. The highest BCUT2D eigenvalue weighted by Crippen LogP contribution is 2.20. The number of nitrogens with one attached hydrogen (secondary N) is 2. The zero-order valence-electron chi connectivity index (χ0n) is 13.7. The van der Waals surface area contributed by atoms with Gasteiger partial charge in [-0.3, -0.25) is 9.59 Å². The fourth-order valence-corrected chi connectivity index (χ4v) is 3.01. The van der Waals surface area contributed by atoms with Gasteiger partial charge in [0.25, 0.3) is 11.8 Å². The second-order valence-corrected chi connectivity index (χ2v) is 7.24. The Morgan fingerprint density at radius 3 is 2.44 bits per heavy atom. The molecule has 2 N–H and O–H groups in total. The lowest BCUT2D eigenvalue weighted by atomic mass is 10.1. The Labute approximate surface area is 171 Å². The fourth-order valence-electron chi connectivity index (χ4n) is 2.25. The van der Waals surface area contributed by atoms with Crippen LogP contribution in [-0.4, -0.2) is 16.8 Å². The third kappa shape index (κ3) is 4.99. The summed E-state index contributed by atoms with van der Waals surface area (Å²) in [5, 5.41) is 5.37. The first-order chi connectivity index (χ1) is 12.9. The van der Waals surface area contributed by atoms with E-state index in [-0.39, 0.29) is 11.5 Å². The number of rotatable bonds is 4.